The number of benzene rings is 1. The number of pyridine rings is 1. The first kappa shape index (κ1) is 13.1. The zero-order valence-electron chi connectivity index (χ0n) is 11.1. The van der Waals surface area contributed by atoms with E-state index in [4.69, 9.17) is 0 Å². The second-order valence-electron chi connectivity index (χ2n) is 4.47. The second-order valence-corrected chi connectivity index (χ2v) is 4.47. The lowest BCUT2D eigenvalue weighted by atomic mass is 10.2. The summed E-state index contributed by atoms with van der Waals surface area (Å²) < 4.78 is 0. The van der Waals surface area contributed by atoms with E-state index in [1.165, 1.54) is 0 Å². The molecule has 2 aromatic rings. The Morgan fingerprint density at radius 2 is 1.89 bits per heavy atom. The topological polar surface area (TPSA) is 45.2 Å². The molecule has 0 aliphatic heterocycles. The maximum absolute atomic E-state index is 11.9. The number of carbonyl (C=O) groups excluding carboxylic acids is 1. The summed E-state index contributed by atoms with van der Waals surface area (Å²) in [5.41, 5.74) is 1.65. The molecule has 1 aromatic heterocycles. The van der Waals surface area contributed by atoms with E-state index in [0.717, 1.165) is 11.4 Å². The van der Waals surface area contributed by atoms with Gasteiger partial charge in [-0.25, -0.2) is 4.98 Å². The third kappa shape index (κ3) is 3.55. The molecule has 4 heteroatoms. The van der Waals surface area contributed by atoms with Gasteiger partial charge < -0.3 is 10.2 Å². The molecule has 2 rings (SSSR count). The molecule has 0 aliphatic rings. The van der Waals surface area contributed by atoms with Crippen LogP contribution in [0.25, 0.3) is 0 Å². The number of amides is 1. The van der Waals surface area contributed by atoms with Gasteiger partial charge in [0.1, 0.15) is 5.82 Å². The molecule has 0 atom stereocenters. The normalized spacial score (nSPS) is 10.0. The van der Waals surface area contributed by atoms with Gasteiger partial charge in [0.25, 0.3) is 5.91 Å². The van der Waals surface area contributed by atoms with Crippen molar-refractivity contribution >= 4 is 11.7 Å². The van der Waals surface area contributed by atoms with Gasteiger partial charge in [-0.1, -0.05) is 24.3 Å². The molecular weight excluding hydrogens is 238 g/mol. The molecule has 4 nitrogen and oxygen atoms in total. The van der Waals surface area contributed by atoms with Crippen molar-refractivity contribution in [2.24, 2.45) is 0 Å². The smallest absolute Gasteiger partial charge is 0.251 e. The van der Waals surface area contributed by atoms with Crippen LogP contribution in [-0.2, 0) is 6.54 Å². The first-order valence-corrected chi connectivity index (χ1v) is 6.12. The van der Waals surface area contributed by atoms with Gasteiger partial charge in [-0.15, -0.1) is 0 Å². The number of carbonyl (C=O) groups is 1. The van der Waals surface area contributed by atoms with Crippen molar-refractivity contribution in [3.05, 3.63) is 59.8 Å². The Hall–Kier alpha value is -2.36. The lowest BCUT2D eigenvalue weighted by molar-refractivity contribution is 0.0951. The van der Waals surface area contributed by atoms with Crippen LogP contribution in [0, 0.1) is 0 Å². The molecule has 0 fully saturated rings. The Balaban J connectivity index is 1.94. The number of nitrogens with one attached hydrogen (secondary N) is 1. The Morgan fingerprint density at radius 1 is 1.16 bits per heavy atom. The SMILES string of the molecule is CN(C)c1ccc(CNC(=O)c2ccccc2)cn1. The molecule has 0 saturated carbocycles. The molecule has 0 radical (unpaired) electrons. The van der Waals surface area contributed by atoms with Gasteiger partial charge >= 0.3 is 0 Å². The molecule has 0 unspecified atom stereocenters. The molecule has 0 aliphatic carbocycles. The van der Waals surface area contributed by atoms with Crippen LogP contribution in [0.5, 0.6) is 0 Å². The van der Waals surface area contributed by atoms with Crippen LogP contribution < -0.4 is 10.2 Å². The van der Waals surface area contributed by atoms with E-state index in [1.54, 1.807) is 18.3 Å². The molecule has 19 heavy (non-hydrogen) atoms. The van der Waals surface area contributed by atoms with E-state index in [-0.39, 0.29) is 5.91 Å². The standard InChI is InChI=1S/C15H17N3O/c1-18(2)14-9-8-12(10-16-14)11-17-15(19)13-6-4-3-5-7-13/h3-10H,11H2,1-2H3,(H,17,19). The molecule has 1 heterocycles. The van der Waals surface area contributed by atoms with Crippen molar-refractivity contribution in [2.45, 2.75) is 6.54 Å². The van der Waals surface area contributed by atoms with E-state index in [2.05, 4.69) is 10.3 Å². The van der Waals surface area contributed by atoms with E-state index in [0.29, 0.717) is 12.1 Å². The Bertz CT molecular complexity index is 535. The van der Waals surface area contributed by atoms with Gasteiger partial charge in [0, 0.05) is 32.4 Å². The maximum atomic E-state index is 11.9. The molecule has 1 amide bonds. The Kier molecular flexibility index (Phi) is 4.13. The Labute approximate surface area is 113 Å². The second kappa shape index (κ2) is 6.00. The predicted octanol–water partition coefficient (Wildman–Crippen LogP) is 2.08. The van der Waals surface area contributed by atoms with Gasteiger partial charge in [0.05, 0.1) is 0 Å². The third-order valence-corrected chi connectivity index (χ3v) is 2.76. The van der Waals surface area contributed by atoms with Crippen LogP contribution in [0.3, 0.4) is 0 Å². The van der Waals surface area contributed by atoms with Crippen molar-refractivity contribution in [2.75, 3.05) is 19.0 Å². The third-order valence-electron chi connectivity index (χ3n) is 2.76. The molecular formula is C15H17N3O. The summed E-state index contributed by atoms with van der Waals surface area (Å²) in [6.45, 7) is 0.481. The largest absolute Gasteiger partial charge is 0.363 e. The summed E-state index contributed by atoms with van der Waals surface area (Å²) in [5, 5.41) is 2.87. The van der Waals surface area contributed by atoms with E-state index < -0.39 is 0 Å². The highest BCUT2D eigenvalue weighted by molar-refractivity contribution is 5.94. The predicted molar refractivity (Wildman–Crippen MR) is 76.2 cm³/mol. The van der Waals surface area contributed by atoms with Gasteiger partial charge in [-0.2, -0.15) is 0 Å². The fourth-order valence-electron chi connectivity index (χ4n) is 1.66. The van der Waals surface area contributed by atoms with E-state index in [9.17, 15) is 4.79 Å². The van der Waals surface area contributed by atoms with Gasteiger partial charge in [0.15, 0.2) is 0 Å². The first-order valence-electron chi connectivity index (χ1n) is 6.12. The molecule has 0 spiro atoms. The summed E-state index contributed by atoms with van der Waals surface area (Å²) in [6, 6.07) is 13.1. The maximum Gasteiger partial charge on any atom is 0.251 e. The molecule has 1 aromatic carbocycles. The van der Waals surface area contributed by atoms with Gasteiger partial charge in [-0.05, 0) is 23.8 Å². The van der Waals surface area contributed by atoms with Crippen molar-refractivity contribution in [1.29, 1.82) is 0 Å². The zero-order valence-corrected chi connectivity index (χ0v) is 11.1. The van der Waals surface area contributed by atoms with Crippen LogP contribution in [0.4, 0.5) is 5.82 Å². The molecule has 0 saturated heterocycles. The number of hydrogen-bond donors (Lipinski definition) is 1. The lowest BCUT2D eigenvalue weighted by Gasteiger charge is -2.11. The summed E-state index contributed by atoms with van der Waals surface area (Å²) in [4.78, 5) is 18.1. The van der Waals surface area contributed by atoms with Crippen LogP contribution in [0.1, 0.15) is 15.9 Å². The van der Waals surface area contributed by atoms with Crippen molar-refractivity contribution in [1.82, 2.24) is 10.3 Å². The quantitative estimate of drug-likeness (QED) is 0.909. The zero-order chi connectivity index (χ0) is 13.7. The number of rotatable bonds is 4. The summed E-state index contributed by atoms with van der Waals surface area (Å²) in [5.74, 6) is 0.829. The highest BCUT2D eigenvalue weighted by atomic mass is 16.1. The van der Waals surface area contributed by atoms with Crippen molar-refractivity contribution in [3.63, 3.8) is 0 Å². The summed E-state index contributed by atoms with van der Waals surface area (Å²) in [7, 11) is 3.89. The van der Waals surface area contributed by atoms with E-state index >= 15 is 0 Å². The van der Waals surface area contributed by atoms with E-state index in [1.807, 2.05) is 49.3 Å². The number of nitrogens with zero attached hydrogens (tertiary/aromatic N) is 2. The summed E-state index contributed by atoms with van der Waals surface area (Å²) >= 11 is 0. The van der Waals surface area contributed by atoms with Gasteiger partial charge in [0.2, 0.25) is 0 Å². The molecule has 1 N–H and O–H groups in total. The first-order chi connectivity index (χ1) is 9.16. The van der Waals surface area contributed by atoms with Crippen molar-refractivity contribution in [3.8, 4) is 0 Å². The number of aromatic nitrogens is 1. The van der Waals surface area contributed by atoms with Crippen LogP contribution in [0.2, 0.25) is 0 Å². The summed E-state index contributed by atoms with van der Waals surface area (Å²) in [6.07, 6.45) is 1.78. The minimum atomic E-state index is -0.0720. The van der Waals surface area contributed by atoms with Crippen LogP contribution in [0.15, 0.2) is 48.7 Å². The fraction of sp³-hybridized carbons (Fsp3) is 0.200. The van der Waals surface area contributed by atoms with Crippen LogP contribution in [-0.4, -0.2) is 25.0 Å². The minimum Gasteiger partial charge on any atom is -0.363 e. The highest BCUT2D eigenvalue weighted by Gasteiger charge is 2.04. The molecule has 0 bridgehead atoms. The Morgan fingerprint density at radius 3 is 2.47 bits per heavy atom. The number of hydrogen-bond acceptors (Lipinski definition) is 3. The number of anilines is 1. The lowest BCUT2D eigenvalue weighted by Crippen LogP contribution is -2.22. The van der Waals surface area contributed by atoms with Crippen molar-refractivity contribution < 1.29 is 4.79 Å². The average Bonchev–Trinajstić information content (AvgIpc) is 2.46. The van der Waals surface area contributed by atoms with Gasteiger partial charge in [-0.3, -0.25) is 4.79 Å². The monoisotopic (exact) mass is 255 g/mol. The fourth-order valence-corrected chi connectivity index (χ4v) is 1.66. The molecule has 98 valence electrons. The highest BCUT2D eigenvalue weighted by Crippen LogP contribution is 2.07. The average molecular weight is 255 g/mol. The van der Waals surface area contributed by atoms with Crippen LogP contribution >= 0.6 is 0 Å². The minimum absolute atomic E-state index is 0.0720.